The van der Waals surface area contributed by atoms with Crippen LogP contribution >= 0.6 is 0 Å². The molecule has 1 saturated heterocycles. The van der Waals surface area contributed by atoms with Crippen LogP contribution in [0.4, 0.5) is 0 Å². The second-order valence-electron chi connectivity index (χ2n) is 5.25. The van der Waals surface area contributed by atoms with Crippen molar-refractivity contribution in [3.05, 3.63) is 0 Å². The monoisotopic (exact) mass is 239 g/mol. The zero-order valence-corrected chi connectivity index (χ0v) is 10.5. The first-order valence-corrected chi connectivity index (χ1v) is 5.57. The molecular weight excluding hydrogens is 222 g/mol. The van der Waals surface area contributed by atoms with E-state index in [2.05, 4.69) is 0 Å². The molecule has 0 aromatic carbocycles. The van der Waals surface area contributed by atoms with Gasteiger partial charge in [-0.1, -0.05) is 0 Å². The lowest BCUT2D eigenvalue weighted by Crippen LogP contribution is -2.43. The summed E-state index contributed by atoms with van der Waals surface area (Å²) in [6.07, 6.45) is -0.833. The summed E-state index contributed by atoms with van der Waals surface area (Å²) < 4.78 is 10.3. The number of ether oxygens (including phenoxy) is 2. The van der Waals surface area contributed by atoms with Crippen molar-refractivity contribution in [1.29, 1.82) is 5.26 Å². The van der Waals surface area contributed by atoms with Crippen LogP contribution in [-0.2, 0) is 19.1 Å². The van der Waals surface area contributed by atoms with Crippen molar-refractivity contribution in [2.45, 2.75) is 46.3 Å². The molecule has 0 spiro atoms. The van der Waals surface area contributed by atoms with Crippen LogP contribution in [0.1, 0.15) is 34.1 Å². The Hall–Kier alpha value is -1.57. The molecule has 0 aliphatic carbocycles. The van der Waals surface area contributed by atoms with Gasteiger partial charge in [0, 0.05) is 6.42 Å². The molecule has 0 radical (unpaired) electrons. The highest BCUT2D eigenvalue weighted by Gasteiger charge is 2.39. The fraction of sp³-hybridized carbons (Fsp3) is 0.750. The van der Waals surface area contributed by atoms with Crippen molar-refractivity contribution in [2.24, 2.45) is 11.3 Å². The number of carbonyl (C=O) groups is 2. The maximum atomic E-state index is 11.7. The van der Waals surface area contributed by atoms with E-state index in [1.165, 1.54) is 0 Å². The van der Waals surface area contributed by atoms with Gasteiger partial charge in [0.1, 0.15) is 18.1 Å². The number of esters is 2. The lowest BCUT2D eigenvalue weighted by molar-refractivity contribution is -0.183. The Morgan fingerprint density at radius 2 is 2.12 bits per heavy atom. The van der Waals surface area contributed by atoms with Crippen LogP contribution in [0.2, 0.25) is 0 Å². The van der Waals surface area contributed by atoms with Crippen LogP contribution in [0, 0.1) is 22.7 Å². The van der Waals surface area contributed by atoms with Crippen LogP contribution in [0.5, 0.6) is 0 Å². The molecule has 94 valence electrons. The Balaban J connectivity index is 2.69. The van der Waals surface area contributed by atoms with Crippen molar-refractivity contribution in [3.8, 4) is 6.07 Å². The van der Waals surface area contributed by atoms with E-state index in [0.717, 1.165) is 0 Å². The third-order valence-electron chi connectivity index (χ3n) is 2.60. The van der Waals surface area contributed by atoms with Crippen molar-refractivity contribution in [1.82, 2.24) is 0 Å². The van der Waals surface area contributed by atoms with Gasteiger partial charge in [-0.2, -0.15) is 5.26 Å². The quantitative estimate of drug-likeness (QED) is 0.647. The molecule has 5 nitrogen and oxygen atoms in total. The fourth-order valence-electron chi connectivity index (χ4n) is 1.43. The van der Waals surface area contributed by atoms with Gasteiger partial charge in [0.2, 0.25) is 0 Å². The van der Waals surface area contributed by atoms with E-state index >= 15 is 0 Å². The predicted octanol–water partition coefficient (Wildman–Crippen LogP) is 1.42. The van der Waals surface area contributed by atoms with Gasteiger partial charge in [0.05, 0.1) is 11.5 Å². The average Bonchev–Trinajstić information content (AvgIpc) is 2.20. The Morgan fingerprint density at radius 3 is 2.59 bits per heavy atom. The van der Waals surface area contributed by atoms with Gasteiger partial charge in [-0.15, -0.1) is 0 Å². The topological polar surface area (TPSA) is 76.4 Å². The third kappa shape index (κ3) is 3.19. The maximum Gasteiger partial charge on any atom is 0.323 e. The first kappa shape index (κ1) is 13.5. The van der Waals surface area contributed by atoms with Crippen LogP contribution in [0.25, 0.3) is 0 Å². The van der Waals surface area contributed by atoms with E-state index in [0.29, 0.717) is 0 Å². The van der Waals surface area contributed by atoms with Gasteiger partial charge in [0.25, 0.3) is 0 Å². The molecular formula is C12H17NO4. The van der Waals surface area contributed by atoms with Gasteiger partial charge in [0.15, 0.2) is 0 Å². The van der Waals surface area contributed by atoms with Crippen LogP contribution in [0.15, 0.2) is 0 Å². The van der Waals surface area contributed by atoms with Gasteiger partial charge in [-0.25, -0.2) is 0 Å². The van der Waals surface area contributed by atoms with Crippen LogP contribution < -0.4 is 0 Å². The van der Waals surface area contributed by atoms with Crippen molar-refractivity contribution < 1.29 is 19.1 Å². The van der Waals surface area contributed by atoms with Gasteiger partial charge >= 0.3 is 11.9 Å². The molecule has 3 unspecified atom stereocenters. The minimum Gasteiger partial charge on any atom is -0.458 e. The number of rotatable bonds is 1. The number of hydrogen-bond donors (Lipinski definition) is 0. The zero-order chi connectivity index (χ0) is 13.2. The number of hydrogen-bond acceptors (Lipinski definition) is 5. The minimum atomic E-state index is -0.844. The SMILES string of the molecule is CC1OC(=O)C(C#N)CC1OC(=O)C(C)(C)C. The standard InChI is InChI=1S/C12H17NO4/c1-7-9(17-11(15)12(2,3)4)5-8(6-13)10(14)16-7/h7-9H,5H2,1-4H3. The highest BCUT2D eigenvalue weighted by Crippen LogP contribution is 2.25. The fourth-order valence-corrected chi connectivity index (χ4v) is 1.43. The molecule has 17 heavy (non-hydrogen) atoms. The zero-order valence-electron chi connectivity index (χ0n) is 10.5. The Kier molecular flexibility index (Phi) is 3.76. The lowest BCUT2D eigenvalue weighted by Gasteiger charge is -2.32. The molecule has 1 rings (SSSR count). The number of carbonyl (C=O) groups excluding carboxylic acids is 2. The highest BCUT2D eigenvalue weighted by molar-refractivity contribution is 5.77. The maximum absolute atomic E-state index is 11.7. The molecule has 0 aromatic heterocycles. The predicted molar refractivity (Wildman–Crippen MR) is 58.6 cm³/mol. The summed E-state index contributed by atoms with van der Waals surface area (Å²) in [5, 5.41) is 8.77. The third-order valence-corrected chi connectivity index (χ3v) is 2.60. The summed E-state index contributed by atoms with van der Waals surface area (Å²) in [6, 6.07) is 1.85. The summed E-state index contributed by atoms with van der Waals surface area (Å²) >= 11 is 0. The second-order valence-corrected chi connectivity index (χ2v) is 5.25. The number of cyclic esters (lactones) is 1. The first-order valence-electron chi connectivity index (χ1n) is 5.57. The lowest BCUT2D eigenvalue weighted by atomic mass is 9.94. The summed E-state index contributed by atoms with van der Waals surface area (Å²) in [6.45, 7) is 6.90. The summed E-state index contributed by atoms with van der Waals surface area (Å²) in [5.74, 6) is -1.74. The normalized spacial score (nSPS) is 29.1. The van der Waals surface area contributed by atoms with Gasteiger partial charge in [-0.05, 0) is 27.7 Å². The minimum absolute atomic E-state index is 0.207. The van der Waals surface area contributed by atoms with Crippen molar-refractivity contribution in [2.75, 3.05) is 0 Å². The molecule has 0 saturated carbocycles. The summed E-state index contributed by atoms with van der Waals surface area (Å²) in [7, 11) is 0. The van der Waals surface area contributed by atoms with E-state index < -0.39 is 29.5 Å². The van der Waals surface area contributed by atoms with Crippen LogP contribution in [-0.4, -0.2) is 24.1 Å². The first-order chi connectivity index (χ1) is 7.75. The summed E-state index contributed by atoms with van der Waals surface area (Å²) in [4.78, 5) is 23.0. The van der Waals surface area contributed by atoms with E-state index in [9.17, 15) is 9.59 Å². The van der Waals surface area contributed by atoms with E-state index in [1.807, 2.05) is 6.07 Å². The molecule has 5 heteroatoms. The molecule has 0 amide bonds. The van der Waals surface area contributed by atoms with E-state index in [1.54, 1.807) is 27.7 Å². The number of nitrogens with zero attached hydrogens (tertiary/aromatic N) is 1. The Bertz CT molecular complexity index is 364. The molecule has 0 bridgehead atoms. The van der Waals surface area contributed by atoms with E-state index in [-0.39, 0.29) is 12.4 Å². The molecule has 0 N–H and O–H groups in total. The molecule has 3 atom stereocenters. The number of nitriles is 1. The smallest absolute Gasteiger partial charge is 0.323 e. The van der Waals surface area contributed by atoms with Gasteiger partial charge < -0.3 is 9.47 Å². The Morgan fingerprint density at radius 1 is 1.53 bits per heavy atom. The average molecular weight is 239 g/mol. The largest absolute Gasteiger partial charge is 0.458 e. The van der Waals surface area contributed by atoms with Crippen molar-refractivity contribution in [3.63, 3.8) is 0 Å². The second kappa shape index (κ2) is 4.74. The van der Waals surface area contributed by atoms with E-state index in [4.69, 9.17) is 14.7 Å². The molecule has 0 aromatic rings. The summed E-state index contributed by atoms with van der Waals surface area (Å²) in [5.41, 5.74) is -0.608. The highest BCUT2D eigenvalue weighted by atomic mass is 16.6. The van der Waals surface area contributed by atoms with Crippen molar-refractivity contribution >= 4 is 11.9 Å². The molecule has 1 fully saturated rings. The van der Waals surface area contributed by atoms with Gasteiger partial charge in [-0.3, -0.25) is 9.59 Å². The van der Waals surface area contributed by atoms with Crippen LogP contribution in [0.3, 0.4) is 0 Å². The molecule has 1 heterocycles. The molecule has 1 aliphatic rings. The molecule has 1 aliphatic heterocycles. The Labute approximate surface area is 101 Å².